The molecule has 1 aliphatic heterocycles. The van der Waals surface area contributed by atoms with Gasteiger partial charge in [0.15, 0.2) is 0 Å². The van der Waals surface area contributed by atoms with Crippen molar-refractivity contribution in [3.05, 3.63) is 96.8 Å². The van der Waals surface area contributed by atoms with Gasteiger partial charge in [0, 0.05) is 29.8 Å². The molecule has 0 bridgehead atoms. The largest absolute Gasteiger partial charge is 0.444 e. The molecule has 1 atom stereocenters. The maximum atomic E-state index is 13.9. The lowest BCUT2D eigenvalue weighted by Crippen LogP contribution is -2.44. The summed E-state index contributed by atoms with van der Waals surface area (Å²) in [6.07, 6.45) is 1.55. The van der Waals surface area contributed by atoms with Crippen LogP contribution in [-0.4, -0.2) is 40.2 Å². The van der Waals surface area contributed by atoms with Gasteiger partial charge in [-0.1, -0.05) is 57.3 Å². The summed E-state index contributed by atoms with van der Waals surface area (Å²) < 4.78 is 7.88. The Bertz CT molecular complexity index is 1440. The van der Waals surface area contributed by atoms with Crippen molar-refractivity contribution in [2.45, 2.75) is 44.8 Å². The Hall–Kier alpha value is -2.81. The van der Waals surface area contributed by atoms with Crippen LogP contribution >= 0.6 is 39.1 Å². The van der Waals surface area contributed by atoms with Crippen molar-refractivity contribution in [3.63, 3.8) is 0 Å². The third kappa shape index (κ3) is 6.42. The predicted octanol–water partition coefficient (Wildman–Crippen LogP) is 6.48. The number of aromatic nitrogens is 1. The first kappa shape index (κ1) is 28.2. The summed E-state index contributed by atoms with van der Waals surface area (Å²) in [6, 6.07) is 15.7. The summed E-state index contributed by atoms with van der Waals surface area (Å²) in [6.45, 7) is 6.20. The molecule has 0 aliphatic carbocycles. The van der Waals surface area contributed by atoms with E-state index in [-0.39, 0.29) is 24.6 Å². The van der Waals surface area contributed by atoms with Crippen LogP contribution in [0.15, 0.2) is 70.1 Å². The number of likely N-dealkylation sites (tertiary alicyclic amines) is 1. The topological polar surface area (TPSA) is 80.6 Å². The van der Waals surface area contributed by atoms with Gasteiger partial charge in [0.05, 0.1) is 27.7 Å². The number of anilines is 1. The molecule has 4 rings (SSSR count). The molecule has 2 aromatic carbocycles. The second-order valence-corrected chi connectivity index (χ2v) is 12.1. The summed E-state index contributed by atoms with van der Waals surface area (Å²) in [5, 5.41) is 3.81. The molecule has 1 unspecified atom stereocenters. The van der Waals surface area contributed by atoms with E-state index in [2.05, 4.69) is 21.2 Å². The van der Waals surface area contributed by atoms with E-state index in [0.717, 1.165) is 15.6 Å². The van der Waals surface area contributed by atoms with Gasteiger partial charge in [0.25, 0.3) is 5.56 Å². The first-order valence-electron chi connectivity index (χ1n) is 12.1. The van der Waals surface area contributed by atoms with E-state index in [1.54, 1.807) is 35.4 Å². The minimum absolute atomic E-state index is 0.160. The highest BCUT2D eigenvalue weighted by Crippen LogP contribution is 2.37. The molecule has 3 aromatic rings. The van der Waals surface area contributed by atoms with Gasteiger partial charge in [-0.05, 0) is 68.7 Å². The van der Waals surface area contributed by atoms with E-state index in [1.807, 2.05) is 45.0 Å². The van der Waals surface area contributed by atoms with E-state index >= 15 is 0 Å². The molecule has 2 heterocycles. The molecule has 1 saturated heterocycles. The highest BCUT2D eigenvalue weighted by molar-refractivity contribution is 9.10. The molecule has 1 N–H and O–H groups in total. The van der Waals surface area contributed by atoms with Crippen LogP contribution in [0.5, 0.6) is 0 Å². The van der Waals surface area contributed by atoms with Crippen LogP contribution in [0.2, 0.25) is 10.0 Å². The molecule has 10 heteroatoms. The average Bonchev–Trinajstić information content (AvgIpc) is 3.30. The summed E-state index contributed by atoms with van der Waals surface area (Å²) in [5.74, 6) is -0.276. The van der Waals surface area contributed by atoms with Crippen molar-refractivity contribution >= 4 is 56.8 Å². The molecule has 1 fully saturated rings. The zero-order chi connectivity index (χ0) is 27.7. The Morgan fingerprint density at radius 2 is 1.84 bits per heavy atom. The van der Waals surface area contributed by atoms with Crippen molar-refractivity contribution in [2.24, 2.45) is 0 Å². The molecular formula is C28H28BrCl2N3O4. The lowest BCUT2D eigenvalue weighted by molar-refractivity contribution is -0.121. The molecule has 38 heavy (non-hydrogen) atoms. The highest BCUT2D eigenvalue weighted by Gasteiger charge is 2.48. The molecular weight excluding hydrogens is 593 g/mol. The number of hydrogen-bond acceptors (Lipinski definition) is 4. The van der Waals surface area contributed by atoms with Gasteiger partial charge in [-0.2, -0.15) is 0 Å². The molecule has 0 spiro atoms. The number of pyridine rings is 1. The zero-order valence-corrected chi connectivity index (χ0v) is 24.4. The van der Waals surface area contributed by atoms with Gasteiger partial charge in [-0.25, -0.2) is 4.79 Å². The predicted molar refractivity (Wildman–Crippen MR) is 153 cm³/mol. The summed E-state index contributed by atoms with van der Waals surface area (Å²) in [7, 11) is 0. The summed E-state index contributed by atoms with van der Waals surface area (Å²) >= 11 is 15.6. The standard InChI is InChI=1S/C28H28BrCl2N3O4/c1-27(2,3)38-26(37)33-12-11-28(17-33,19-5-4-6-20(29)14-19)25(36)32-21-8-10-24(35)34(16-21)15-18-7-9-22(30)23(31)13-18/h4-10,13-14,16H,11-12,15,17H2,1-3H3,(H,32,36). The number of ether oxygens (including phenoxy) is 1. The third-order valence-electron chi connectivity index (χ3n) is 6.31. The SMILES string of the molecule is CC(C)(C)OC(=O)N1CCC(C(=O)Nc2ccc(=O)n(Cc3ccc(Cl)c(Cl)c3)c2)(c2cccc(Br)c2)C1. The van der Waals surface area contributed by atoms with Crippen molar-refractivity contribution in [2.75, 3.05) is 18.4 Å². The Balaban J connectivity index is 1.62. The number of nitrogens with one attached hydrogen (secondary N) is 1. The second-order valence-electron chi connectivity index (χ2n) is 10.3. The van der Waals surface area contributed by atoms with Crippen molar-refractivity contribution in [1.82, 2.24) is 9.47 Å². The fourth-order valence-electron chi connectivity index (χ4n) is 4.44. The van der Waals surface area contributed by atoms with Crippen LogP contribution in [0.25, 0.3) is 0 Å². The normalized spacial score (nSPS) is 17.4. The molecule has 0 saturated carbocycles. The van der Waals surface area contributed by atoms with Crippen molar-refractivity contribution < 1.29 is 14.3 Å². The Morgan fingerprint density at radius 3 is 2.53 bits per heavy atom. The Morgan fingerprint density at radius 1 is 1.08 bits per heavy atom. The maximum Gasteiger partial charge on any atom is 0.410 e. The number of carbonyl (C=O) groups is 2. The van der Waals surface area contributed by atoms with Crippen LogP contribution in [-0.2, 0) is 21.5 Å². The number of carbonyl (C=O) groups excluding carboxylic acids is 2. The fraction of sp³-hybridized carbons (Fsp3) is 0.321. The van der Waals surface area contributed by atoms with Gasteiger partial charge in [0.2, 0.25) is 5.91 Å². The molecule has 0 radical (unpaired) electrons. The minimum atomic E-state index is -1.01. The van der Waals surface area contributed by atoms with E-state index in [1.165, 1.54) is 10.6 Å². The lowest BCUT2D eigenvalue weighted by atomic mass is 9.78. The van der Waals surface area contributed by atoms with Crippen LogP contribution in [0.4, 0.5) is 10.5 Å². The Kier molecular flexibility index (Phi) is 8.26. The van der Waals surface area contributed by atoms with Crippen molar-refractivity contribution in [3.8, 4) is 0 Å². The van der Waals surface area contributed by atoms with Crippen LogP contribution in [0, 0.1) is 0 Å². The smallest absolute Gasteiger partial charge is 0.410 e. The molecule has 2 amide bonds. The third-order valence-corrected chi connectivity index (χ3v) is 7.54. The number of benzene rings is 2. The van der Waals surface area contributed by atoms with Crippen LogP contribution < -0.4 is 10.9 Å². The second kappa shape index (κ2) is 11.1. The average molecular weight is 621 g/mol. The van der Waals surface area contributed by atoms with Crippen LogP contribution in [0.1, 0.15) is 38.3 Å². The first-order valence-corrected chi connectivity index (χ1v) is 13.6. The van der Waals surface area contributed by atoms with Gasteiger partial charge in [-0.15, -0.1) is 0 Å². The fourth-order valence-corrected chi connectivity index (χ4v) is 5.16. The molecule has 1 aromatic heterocycles. The van der Waals surface area contributed by atoms with E-state index in [9.17, 15) is 14.4 Å². The number of amides is 2. The number of nitrogens with zero attached hydrogens (tertiary/aromatic N) is 2. The van der Waals surface area contributed by atoms with Gasteiger partial charge in [0.1, 0.15) is 5.60 Å². The summed E-state index contributed by atoms with van der Waals surface area (Å²) in [5.41, 5.74) is 0.139. The van der Waals surface area contributed by atoms with Crippen molar-refractivity contribution in [1.29, 1.82) is 0 Å². The monoisotopic (exact) mass is 619 g/mol. The minimum Gasteiger partial charge on any atom is -0.444 e. The molecule has 200 valence electrons. The Labute approximate surface area is 239 Å². The quantitative estimate of drug-likeness (QED) is 0.354. The molecule has 7 nitrogen and oxygen atoms in total. The highest BCUT2D eigenvalue weighted by atomic mass is 79.9. The number of rotatable bonds is 5. The number of halogens is 3. The van der Waals surface area contributed by atoms with Gasteiger partial charge >= 0.3 is 6.09 Å². The van der Waals surface area contributed by atoms with E-state index in [4.69, 9.17) is 27.9 Å². The first-order chi connectivity index (χ1) is 17.9. The van der Waals surface area contributed by atoms with Gasteiger partial charge < -0.3 is 19.5 Å². The van der Waals surface area contributed by atoms with Crippen LogP contribution in [0.3, 0.4) is 0 Å². The molecule has 1 aliphatic rings. The summed E-state index contributed by atoms with van der Waals surface area (Å²) in [4.78, 5) is 40.9. The van der Waals surface area contributed by atoms with Gasteiger partial charge in [-0.3, -0.25) is 9.59 Å². The van der Waals surface area contributed by atoms with E-state index in [0.29, 0.717) is 28.7 Å². The zero-order valence-electron chi connectivity index (χ0n) is 21.3. The maximum absolute atomic E-state index is 13.9. The van der Waals surface area contributed by atoms with E-state index < -0.39 is 17.1 Å². The number of hydrogen-bond donors (Lipinski definition) is 1. The lowest BCUT2D eigenvalue weighted by Gasteiger charge is -2.30.